The van der Waals surface area contributed by atoms with Gasteiger partial charge in [0.2, 0.25) is 0 Å². The summed E-state index contributed by atoms with van der Waals surface area (Å²) in [5.74, 6) is -1.42. The number of carboxylic acids is 1. The lowest BCUT2D eigenvalue weighted by atomic mass is 10.1. The molecule has 0 aromatic heterocycles. The fraction of sp³-hybridized carbons (Fsp3) is 0.167. The highest BCUT2D eigenvalue weighted by atomic mass is 79.9. The number of nitrogens with zero attached hydrogens (tertiary/aromatic N) is 2. The van der Waals surface area contributed by atoms with Crippen molar-refractivity contribution in [2.45, 2.75) is 6.42 Å². The third-order valence-corrected chi connectivity index (χ3v) is 4.09. The molecule has 0 heterocycles. The first-order chi connectivity index (χ1) is 11.9. The Morgan fingerprint density at radius 3 is 2.52 bits per heavy atom. The lowest BCUT2D eigenvalue weighted by Crippen LogP contribution is -2.21. The van der Waals surface area contributed by atoms with Crippen molar-refractivity contribution < 1.29 is 14.7 Å². The molecule has 2 aromatic carbocycles. The van der Waals surface area contributed by atoms with Crippen LogP contribution in [0.5, 0.6) is 0 Å². The number of aromatic carboxylic acids is 1. The predicted octanol–water partition coefficient (Wildman–Crippen LogP) is 3.75. The molecule has 2 rings (SSSR count). The second-order valence-corrected chi connectivity index (χ2v) is 6.24. The molecule has 128 valence electrons. The first kappa shape index (κ1) is 18.5. The Balaban J connectivity index is 2.23. The van der Waals surface area contributed by atoms with Gasteiger partial charge < -0.3 is 15.3 Å². The van der Waals surface area contributed by atoms with Gasteiger partial charge >= 0.3 is 5.97 Å². The SMILES string of the molecule is CN(CCC#N)c1ccc(NC(=O)c2ccc(Br)cc2)cc1C(=O)O. The van der Waals surface area contributed by atoms with Gasteiger partial charge in [0.1, 0.15) is 0 Å². The normalized spacial score (nSPS) is 9.96. The first-order valence-electron chi connectivity index (χ1n) is 7.44. The number of carboxylic acid groups (broad SMARTS) is 1. The van der Waals surface area contributed by atoms with Crippen LogP contribution >= 0.6 is 15.9 Å². The quantitative estimate of drug-likeness (QED) is 0.768. The lowest BCUT2D eigenvalue weighted by Gasteiger charge is -2.20. The van der Waals surface area contributed by atoms with Gasteiger partial charge in [0.15, 0.2) is 0 Å². The summed E-state index contributed by atoms with van der Waals surface area (Å²) in [5.41, 5.74) is 1.41. The number of nitriles is 1. The average Bonchev–Trinajstić information content (AvgIpc) is 2.60. The zero-order valence-corrected chi connectivity index (χ0v) is 15.1. The number of carbonyl (C=O) groups excluding carboxylic acids is 1. The van der Waals surface area contributed by atoms with E-state index in [4.69, 9.17) is 5.26 Å². The molecule has 25 heavy (non-hydrogen) atoms. The third kappa shape index (κ3) is 4.81. The molecule has 0 aliphatic heterocycles. The van der Waals surface area contributed by atoms with Crippen molar-refractivity contribution in [2.75, 3.05) is 23.8 Å². The van der Waals surface area contributed by atoms with Crippen LogP contribution in [0.2, 0.25) is 0 Å². The standard InChI is InChI=1S/C18H16BrN3O3/c1-22(10-2-9-20)16-8-7-14(11-15(16)18(24)25)21-17(23)12-3-5-13(19)6-4-12/h3-8,11H,2,10H2,1H3,(H,21,23)(H,24,25). The van der Waals surface area contributed by atoms with Crippen molar-refractivity contribution in [2.24, 2.45) is 0 Å². The summed E-state index contributed by atoms with van der Waals surface area (Å²) in [7, 11) is 1.72. The van der Waals surface area contributed by atoms with Crippen molar-refractivity contribution >= 4 is 39.2 Å². The van der Waals surface area contributed by atoms with Crippen LogP contribution in [0.4, 0.5) is 11.4 Å². The van der Waals surface area contributed by atoms with Gasteiger partial charge in [0.05, 0.1) is 23.7 Å². The Morgan fingerprint density at radius 2 is 1.92 bits per heavy atom. The van der Waals surface area contributed by atoms with E-state index >= 15 is 0 Å². The maximum absolute atomic E-state index is 12.2. The van der Waals surface area contributed by atoms with Gasteiger partial charge in [0.25, 0.3) is 5.91 Å². The largest absolute Gasteiger partial charge is 0.478 e. The van der Waals surface area contributed by atoms with E-state index in [0.29, 0.717) is 23.5 Å². The summed E-state index contributed by atoms with van der Waals surface area (Å²) in [6.45, 7) is 0.418. The maximum atomic E-state index is 12.2. The van der Waals surface area contributed by atoms with Gasteiger partial charge in [-0.05, 0) is 42.5 Å². The third-order valence-electron chi connectivity index (χ3n) is 3.56. The monoisotopic (exact) mass is 401 g/mol. The highest BCUT2D eigenvalue weighted by molar-refractivity contribution is 9.10. The van der Waals surface area contributed by atoms with E-state index in [1.807, 2.05) is 6.07 Å². The van der Waals surface area contributed by atoms with Crippen molar-refractivity contribution in [3.05, 3.63) is 58.1 Å². The molecule has 6 nitrogen and oxygen atoms in total. The molecular weight excluding hydrogens is 386 g/mol. The number of benzene rings is 2. The number of halogens is 1. The highest BCUT2D eigenvalue weighted by Gasteiger charge is 2.15. The summed E-state index contributed by atoms with van der Waals surface area (Å²) in [6.07, 6.45) is 0.289. The van der Waals surface area contributed by atoms with E-state index in [0.717, 1.165) is 4.47 Å². The minimum Gasteiger partial charge on any atom is -0.478 e. The molecule has 0 atom stereocenters. The van der Waals surface area contributed by atoms with Crippen LogP contribution in [0.1, 0.15) is 27.1 Å². The summed E-state index contributed by atoms with van der Waals surface area (Å²) >= 11 is 3.30. The summed E-state index contributed by atoms with van der Waals surface area (Å²) in [6, 6.07) is 13.6. The molecule has 0 spiro atoms. The van der Waals surface area contributed by atoms with E-state index in [9.17, 15) is 14.7 Å². The second-order valence-electron chi connectivity index (χ2n) is 5.33. The zero-order chi connectivity index (χ0) is 18.4. The van der Waals surface area contributed by atoms with Gasteiger partial charge in [-0.3, -0.25) is 4.79 Å². The van der Waals surface area contributed by atoms with Crippen molar-refractivity contribution in [1.29, 1.82) is 5.26 Å². The van der Waals surface area contributed by atoms with Crippen molar-refractivity contribution in [1.82, 2.24) is 0 Å². The van der Waals surface area contributed by atoms with E-state index in [1.165, 1.54) is 6.07 Å². The minimum absolute atomic E-state index is 0.0639. The second kappa shape index (κ2) is 8.31. The molecular formula is C18H16BrN3O3. The first-order valence-corrected chi connectivity index (χ1v) is 8.24. The lowest BCUT2D eigenvalue weighted by molar-refractivity contribution is 0.0697. The molecule has 1 amide bonds. The average molecular weight is 402 g/mol. The van der Waals surface area contributed by atoms with Crippen LogP contribution in [0, 0.1) is 11.3 Å². The van der Waals surface area contributed by atoms with E-state index in [-0.39, 0.29) is 17.9 Å². The molecule has 0 unspecified atom stereocenters. The van der Waals surface area contributed by atoms with Crippen molar-refractivity contribution in [3.8, 4) is 6.07 Å². The van der Waals surface area contributed by atoms with Crippen LogP contribution in [0.15, 0.2) is 46.9 Å². The number of rotatable bonds is 6. The fourth-order valence-corrected chi connectivity index (χ4v) is 2.52. The van der Waals surface area contributed by atoms with Crippen LogP contribution < -0.4 is 10.2 Å². The molecule has 2 aromatic rings. The molecule has 0 aliphatic rings. The highest BCUT2D eigenvalue weighted by Crippen LogP contribution is 2.24. The van der Waals surface area contributed by atoms with Crippen LogP contribution in [0.25, 0.3) is 0 Å². The summed E-state index contributed by atoms with van der Waals surface area (Å²) in [4.78, 5) is 25.5. The van der Waals surface area contributed by atoms with Gasteiger partial charge in [-0.1, -0.05) is 15.9 Å². The molecule has 0 fully saturated rings. The minimum atomic E-state index is -1.10. The molecule has 0 aliphatic carbocycles. The Labute approximate surface area is 153 Å². The molecule has 0 radical (unpaired) electrons. The van der Waals surface area contributed by atoms with Crippen LogP contribution in [-0.2, 0) is 0 Å². The van der Waals surface area contributed by atoms with Gasteiger partial charge in [-0.2, -0.15) is 5.26 Å². The van der Waals surface area contributed by atoms with Gasteiger partial charge in [-0.25, -0.2) is 4.79 Å². The number of carbonyl (C=O) groups is 2. The molecule has 2 N–H and O–H groups in total. The molecule has 0 saturated heterocycles. The summed E-state index contributed by atoms with van der Waals surface area (Å²) in [5, 5.41) is 20.8. The number of amides is 1. The van der Waals surface area contributed by atoms with Gasteiger partial charge in [-0.15, -0.1) is 0 Å². The smallest absolute Gasteiger partial charge is 0.337 e. The maximum Gasteiger partial charge on any atom is 0.337 e. The Bertz CT molecular complexity index is 828. The van der Waals surface area contributed by atoms with Gasteiger partial charge in [0, 0.05) is 29.3 Å². The fourth-order valence-electron chi connectivity index (χ4n) is 2.26. The van der Waals surface area contributed by atoms with Crippen molar-refractivity contribution in [3.63, 3.8) is 0 Å². The number of anilines is 2. The zero-order valence-electron chi connectivity index (χ0n) is 13.5. The topological polar surface area (TPSA) is 93.4 Å². The van der Waals surface area contributed by atoms with Crippen LogP contribution in [0.3, 0.4) is 0 Å². The molecule has 0 saturated carbocycles. The molecule has 7 heteroatoms. The summed E-state index contributed by atoms with van der Waals surface area (Å²) < 4.78 is 0.863. The Kier molecular flexibility index (Phi) is 6.14. The van der Waals surface area contributed by atoms with E-state index < -0.39 is 5.97 Å². The number of hydrogen-bond donors (Lipinski definition) is 2. The van der Waals surface area contributed by atoms with E-state index in [2.05, 4.69) is 21.2 Å². The number of hydrogen-bond acceptors (Lipinski definition) is 4. The Hall–Kier alpha value is -2.85. The number of nitrogens with one attached hydrogen (secondary N) is 1. The molecule has 0 bridgehead atoms. The Morgan fingerprint density at radius 1 is 1.24 bits per heavy atom. The predicted molar refractivity (Wildman–Crippen MR) is 99.0 cm³/mol. The van der Waals surface area contributed by atoms with Crippen LogP contribution in [-0.4, -0.2) is 30.6 Å². The van der Waals surface area contributed by atoms with E-state index in [1.54, 1.807) is 48.3 Å².